The molecule has 1 aromatic carbocycles. The van der Waals surface area contributed by atoms with E-state index in [9.17, 15) is 9.59 Å². The van der Waals surface area contributed by atoms with Gasteiger partial charge in [0.1, 0.15) is 12.1 Å². The van der Waals surface area contributed by atoms with E-state index >= 15 is 0 Å². The Hall–Kier alpha value is -2.12. The van der Waals surface area contributed by atoms with Crippen LogP contribution in [0.25, 0.3) is 0 Å². The van der Waals surface area contributed by atoms with Crippen LogP contribution in [0.1, 0.15) is 19.4 Å². The normalized spacial score (nSPS) is 29.2. The molecule has 0 aromatic heterocycles. The molecule has 7 heteroatoms. The highest BCUT2D eigenvalue weighted by Crippen LogP contribution is 2.33. The second-order valence-corrected chi connectivity index (χ2v) is 6.24. The van der Waals surface area contributed by atoms with Crippen LogP contribution in [0.3, 0.4) is 0 Å². The van der Waals surface area contributed by atoms with Gasteiger partial charge in [-0.25, -0.2) is 4.79 Å². The van der Waals surface area contributed by atoms with Gasteiger partial charge >= 0.3 is 6.09 Å². The molecule has 0 spiro atoms. The van der Waals surface area contributed by atoms with Crippen molar-refractivity contribution in [1.29, 1.82) is 0 Å². The van der Waals surface area contributed by atoms with Crippen molar-refractivity contribution in [2.45, 2.75) is 44.4 Å². The average Bonchev–Trinajstić information content (AvgIpc) is 2.85. The minimum atomic E-state index is -1.22. The lowest BCUT2D eigenvalue weighted by Gasteiger charge is -2.49. The van der Waals surface area contributed by atoms with Crippen LogP contribution >= 0.6 is 0 Å². The molecule has 3 atom stereocenters. The molecule has 124 valence electrons. The summed E-state index contributed by atoms with van der Waals surface area (Å²) in [4.78, 5) is 24.9. The minimum absolute atomic E-state index is 0.241. The van der Waals surface area contributed by atoms with E-state index in [-0.39, 0.29) is 18.1 Å². The summed E-state index contributed by atoms with van der Waals surface area (Å²) in [5, 5.41) is 11.2. The Morgan fingerprint density at radius 1 is 1.39 bits per heavy atom. The molecule has 0 bridgehead atoms. The van der Waals surface area contributed by atoms with Crippen LogP contribution in [-0.2, 0) is 20.8 Å². The van der Waals surface area contributed by atoms with Crippen LogP contribution in [0.5, 0.6) is 0 Å². The number of nitrogens with one attached hydrogen (secondary N) is 1. The molecular weight excluding hydrogens is 300 g/mol. The Labute approximate surface area is 134 Å². The van der Waals surface area contributed by atoms with Gasteiger partial charge in [-0.3, -0.25) is 4.79 Å². The number of carbonyl (C=O) groups excluding carboxylic acids is 1. The molecule has 2 N–H and O–H groups in total. The summed E-state index contributed by atoms with van der Waals surface area (Å²) >= 11 is 0. The average molecular weight is 320 g/mol. The zero-order valence-corrected chi connectivity index (χ0v) is 13.1. The third-order valence-electron chi connectivity index (χ3n) is 4.14. The van der Waals surface area contributed by atoms with E-state index in [0.29, 0.717) is 13.2 Å². The van der Waals surface area contributed by atoms with Crippen molar-refractivity contribution in [2.24, 2.45) is 0 Å². The molecule has 0 radical (unpaired) electrons. The molecule has 0 saturated carbocycles. The van der Waals surface area contributed by atoms with E-state index in [2.05, 4.69) is 5.32 Å². The van der Waals surface area contributed by atoms with Crippen molar-refractivity contribution < 1.29 is 24.2 Å². The highest BCUT2D eigenvalue weighted by Gasteiger charge is 2.55. The second kappa shape index (κ2) is 5.82. The molecule has 1 aromatic rings. The summed E-state index contributed by atoms with van der Waals surface area (Å²) in [6, 6.07) is 8.40. The third-order valence-corrected chi connectivity index (χ3v) is 4.14. The maximum absolute atomic E-state index is 12.3. The second-order valence-electron chi connectivity index (χ2n) is 6.24. The molecule has 2 saturated heterocycles. The lowest BCUT2D eigenvalue weighted by molar-refractivity contribution is -0.174. The van der Waals surface area contributed by atoms with Crippen molar-refractivity contribution >= 4 is 12.0 Å². The number of ether oxygens (including phenoxy) is 2. The molecule has 3 rings (SSSR count). The molecule has 2 amide bonds. The summed E-state index contributed by atoms with van der Waals surface area (Å²) in [5.41, 5.74) is 0.984. The van der Waals surface area contributed by atoms with Crippen molar-refractivity contribution in [1.82, 2.24) is 10.2 Å². The van der Waals surface area contributed by atoms with Crippen molar-refractivity contribution in [3.63, 3.8) is 0 Å². The lowest BCUT2D eigenvalue weighted by Crippen LogP contribution is -2.74. The summed E-state index contributed by atoms with van der Waals surface area (Å²) in [6.45, 7) is 4.35. The SMILES string of the molecule is CC1(C)OCC([C@@H]2[C@H](NC(=O)O)C(=O)N2Cc2ccccc2)O1. The molecule has 0 aliphatic carbocycles. The monoisotopic (exact) mass is 320 g/mol. The largest absolute Gasteiger partial charge is 0.465 e. The predicted molar refractivity (Wildman–Crippen MR) is 80.6 cm³/mol. The number of benzene rings is 1. The van der Waals surface area contributed by atoms with Crippen LogP contribution in [-0.4, -0.2) is 52.6 Å². The standard InChI is InChI=1S/C16H20N2O5/c1-16(2)22-9-11(23-16)13-12(17-15(20)21)14(19)18(13)8-10-6-4-3-5-7-10/h3-7,11-13,17H,8-9H2,1-2H3,(H,20,21)/t11?,12-,13+/m0/s1. The number of nitrogens with zero attached hydrogens (tertiary/aromatic N) is 1. The first-order valence-corrected chi connectivity index (χ1v) is 7.53. The molecular formula is C16H20N2O5. The smallest absolute Gasteiger partial charge is 0.405 e. The molecule has 23 heavy (non-hydrogen) atoms. The first-order valence-electron chi connectivity index (χ1n) is 7.53. The molecule has 2 fully saturated rings. The zero-order chi connectivity index (χ0) is 16.6. The van der Waals surface area contributed by atoms with Gasteiger partial charge in [0.25, 0.3) is 0 Å². The Morgan fingerprint density at radius 3 is 2.65 bits per heavy atom. The van der Waals surface area contributed by atoms with Crippen LogP contribution in [0, 0.1) is 0 Å². The summed E-state index contributed by atoms with van der Waals surface area (Å²) < 4.78 is 11.4. The number of β-lactam (4-membered cyclic amide) rings is 1. The van der Waals surface area contributed by atoms with E-state index in [4.69, 9.17) is 14.6 Å². The highest BCUT2D eigenvalue weighted by molar-refractivity contribution is 5.92. The number of hydrogen-bond acceptors (Lipinski definition) is 4. The fourth-order valence-corrected chi connectivity index (χ4v) is 3.11. The number of hydrogen-bond donors (Lipinski definition) is 2. The minimum Gasteiger partial charge on any atom is -0.465 e. The molecule has 1 unspecified atom stereocenters. The van der Waals surface area contributed by atoms with Gasteiger partial charge in [-0.05, 0) is 19.4 Å². The lowest BCUT2D eigenvalue weighted by atomic mass is 9.89. The fourth-order valence-electron chi connectivity index (χ4n) is 3.11. The van der Waals surface area contributed by atoms with E-state index in [1.54, 1.807) is 18.7 Å². The molecule has 2 aliphatic heterocycles. The van der Waals surface area contributed by atoms with Gasteiger partial charge in [0.2, 0.25) is 5.91 Å². The van der Waals surface area contributed by atoms with Gasteiger partial charge in [0.05, 0.1) is 12.6 Å². The molecule has 2 heterocycles. The highest BCUT2D eigenvalue weighted by atomic mass is 16.7. The number of carbonyl (C=O) groups is 2. The number of likely N-dealkylation sites (tertiary alicyclic amines) is 1. The summed E-state index contributed by atoms with van der Waals surface area (Å²) in [5.74, 6) is -0.968. The van der Waals surface area contributed by atoms with Gasteiger partial charge in [-0.1, -0.05) is 30.3 Å². The van der Waals surface area contributed by atoms with Gasteiger partial charge in [-0.2, -0.15) is 0 Å². The summed E-state index contributed by atoms with van der Waals surface area (Å²) in [7, 11) is 0. The maximum Gasteiger partial charge on any atom is 0.405 e. The van der Waals surface area contributed by atoms with Crippen LogP contribution in [0.4, 0.5) is 4.79 Å². The van der Waals surface area contributed by atoms with Crippen molar-refractivity contribution in [3.8, 4) is 0 Å². The number of carboxylic acid groups (broad SMARTS) is 1. The summed E-state index contributed by atoms with van der Waals surface area (Å²) in [6.07, 6.45) is -1.57. The Kier molecular flexibility index (Phi) is 3.99. The van der Waals surface area contributed by atoms with E-state index in [1.165, 1.54) is 0 Å². The molecule has 7 nitrogen and oxygen atoms in total. The first kappa shape index (κ1) is 15.8. The van der Waals surface area contributed by atoms with Gasteiger partial charge in [-0.15, -0.1) is 0 Å². The fraction of sp³-hybridized carbons (Fsp3) is 0.500. The van der Waals surface area contributed by atoms with Gasteiger partial charge in [0, 0.05) is 6.54 Å². The molecule has 2 aliphatic rings. The number of amides is 2. The van der Waals surface area contributed by atoms with Crippen LogP contribution < -0.4 is 5.32 Å². The van der Waals surface area contributed by atoms with E-state index in [1.807, 2.05) is 30.3 Å². The van der Waals surface area contributed by atoms with E-state index in [0.717, 1.165) is 5.56 Å². The quantitative estimate of drug-likeness (QED) is 0.814. The first-order chi connectivity index (χ1) is 10.9. The van der Waals surface area contributed by atoms with Gasteiger partial charge in [0.15, 0.2) is 5.79 Å². The van der Waals surface area contributed by atoms with Crippen molar-refractivity contribution in [2.75, 3.05) is 6.61 Å². The maximum atomic E-state index is 12.3. The predicted octanol–water partition coefficient (Wildman–Crippen LogP) is 1.19. The Balaban J connectivity index is 1.77. The Bertz CT molecular complexity index is 604. The van der Waals surface area contributed by atoms with Gasteiger partial charge < -0.3 is 24.8 Å². The van der Waals surface area contributed by atoms with Crippen molar-refractivity contribution in [3.05, 3.63) is 35.9 Å². The Morgan fingerprint density at radius 2 is 2.09 bits per heavy atom. The zero-order valence-electron chi connectivity index (χ0n) is 13.1. The number of rotatable bonds is 4. The van der Waals surface area contributed by atoms with Crippen LogP contribution in [0.15, 0.2) is 30.3 Å². The van der Waals surface area contributed by atoms with E-state index < -0.39 is 17.9 Å². The van der Waals surface area contributed by atoms with Crippen LogP contribution in [0.2, 0.25) is 0 Å². The topological polar surface area (TPSA) is 88.1 Å². The third kappa shape index (κ3) is 3.16.